The largest absolute Gasteiger partial charge is 0.494 e. The SMILES string of the molecule is C=CCN(CCCCC)C(=O)C1N(CCCO)C(=O)[C@@H]2[C@H](C(=O)N(CC=C)c3ccc(OCC)cc3)[C@@H]3CCC12O3. The van der Waals surface area contributed by atoms with Gasteiger partial charge in [-0.05, 0) is 56.9 Å². The molecular weight excluding hydrogens is 522 g/mol. The number of carbonyl (C=O) groups is 3. The number of hydrogen-bond acceptors (Lipinski definition) is 6. The number of ether oxygens (including phenoxy) is 2. The molecule has 0 aliphatic carbocycles. The Morgan fingerprint density at radius 1 is 1.12 bits per heavy atom. The maximum Gasteiger partial charge on any atom is 0.248 e. The molecule has 1 N–H and O–H groups in total. The van der Waals surface area contributed by atoms with Crippen LogP contribution in [0, 0.1) is 11.8 Å². The third-order valence-electron chi connectivity index (χ3n) is 8.61. The molecule has 3 aliphatic heterocycles. The number of fused-ring (bicyclic) bond motifs is 1. The lowest BCUT2D eigenvalue weighted by Crippen LogP contribution is -2.56. The van der Waals surface area contributed by atoms with Crippen LogP contribution in [0.2, 0.25) is 0 Å². The fourth-order valence-corrected chi connectivity index (χ4v) is 6.89. The Morgan fingerprint density at radius 3 is 2.49 bits per heavy atom. The monoisotopic (exact) mass is 567 g/mol. The van der Waals surface area contributed by atoms with E-state index in [2.05, 4.69) is 20.1 Å². The van der Waals surface area contributed by atoms with Gasteiger partial charge in [0, 0.05) is 38.5 Å². The van der Waals surface area contributed by atoms with E-state index in [9.17, 15) is 19.5 Å². The molecular formula is C32H45N3O6. The first-order valence-electron chi connectivity index (χ1n) is 15.0. The molecule has 5 atom stereocenters. The minimum Gasteiger partial charge on any atom is -0.494 e. The van der Waals surface area contributed by atoms with Crippen molar-refractivity contribution < 1.29 is 29.0 Å². The number of amides is 3. The van der Waals surface area contributed by atoms with Crippen LogP contribution >= 0.6 is 0 Å². The number of anilines is 1. The van der Waals surface area contributed by atoms with Gasteiger partial charge in [0.05, 0.1) is 24.5 Å². The van der Waals surface area contributed by atoms with E-state index in [-0.39, 0.29) is 37.4 Å². The molecule has 1 aromatic carbocycles. The van der Waals surface area contributed by atoms with E-state index in [1.807, 2.05) is 31.2 Å². The number of rotatable bonds is 16. The summed E-state index contributed by atoms with van der Waals surface area (Å²) in [6, 6.07) is 6.46. The van der Waals surface area contributed by atoms with E-state index in [1.54, 1.807) is 26.9 Å². The quantitative estimate of drug-likeness (QED) is 0.242. The van der Waals surface area contributed by atoms with Gasteiger partial charge in [-0.3, -0.25) is 14.4 Å². The second kappa shape index (κ2) is 13.7. The Hall–Kier alpha value is -3.17. The topological polar surface area (TPSA) is 99.6 Å². The number of likely N-dealkylation sites (tertiary alicyclic amines) is 1. The third kappa shape index (κ3) is 5.79. The Balaban J connectivity index is 1.68. The third-order valence-corrected chi connectivity index (χ3v) is 8.61. The number of aliphatic hydroxyl groups is 1. The predicted molar refractivity (Wildman–Crippen MR) is 157 cm³/mol. The summed E-state index contributed by atoms with van der Waals surface area (Å²) in [6.45, 7) is 13.6. The Labute approximate surface area is 243 Å². The lowest BCUT2D eigenvalue weighted by molar-refractivity contribution is -0.147. The van der Waals surface area contributed by atoms with Crippen molar-refractivity contribution in [3.63, 3.8) is 0 Å². The summed E-state index contributed by atoms with van der Waals surface area (Å²) in [5.74, 6) is -1.39. The number of carbonyl (C=O) groups excluding carboxylic acids is 3. The molecule has 3 saturated heterocycles. The molecule has 0 saturated carbocycles. The summed E-state index contributed by atoms with van der Waals surface area (Å²) in [7, 11) is 0. The summed E-state index contributed by atoms with van der Waals surface area (Å²) in [4.78, 5) is 47.6. The maximum absolute atomic E-state index is 14.3. The van der Waals surface area contributed by atoms with Crippen LogP contribution in [0.15, 0.2) is 49.6 Å². The van der Waals surface area contributed by atoms with E-state index in [1.165, 1.54) is 0 Å². The van der Waals surface area contributed by atoms with Gasteiger partial charge >= 0.3 is 0 Å². The van der Waals surface area contributed by atoms with Crippen molar-refractivity contribution in [2.24, 2.45) is 11.8 Å². The highest BCUT2D eigenvalue weighted by Crippen LogP contribution is 2.59. The highest BCUT2D eigenvalue weighted by molar-refractivity contribution is 6.03. The van der Waals surface area contributed by atoms with Crippen LogP contribution in [0.4, 0.5) is 5.69 Å². The van der Waals surface area contributed by atoms with Crippen LogP contribution in [0.3, 0.4) is 0 Å². The summed E-state index contributed by atoms with van der Waals surface area (Å²) in [5, 5.41) is 9.60. The standard InChI is InChI=1S/C32H45N3O6/c1-5-9-10-20-33(18-6-2)31(39)28-32-17-16-25(41-32)26(27(32)30(38)35(28)21-11-22-36)29(37)34(19-7-3)23-12-14-24(15-13-23)40-8-4/h6-7,12-15,25-28,36H,2-3,5,8-11,16-22H2,1,4H3/t25-,26+,27-,28?,32?/m0/s1. The summed E-state index contributed by atoms with van der Waals surface area (Å²) in [5.41, 5.74) is -0.393. The van der Waals surface area contributed by atoms with Crippen LogP contribution in [0.25, 0.3) is 0 Å². The van der Waals surface area contributed by atoms with Gasteiger partial charge in [-0.25, -0.2) is 0 Å². The van der Waals surface area contributed by atoms with Crippen molar-refractivity contribution in [1.29, 1.82) is 0 Å². The number of benzene rings is 1. The zero-order valence-electron chi connectivity index (χ0n) is 24.5. The zero-order chi connectivity index (χ0) is 29.6. The molecule has 224 valence electrons. The van der Waals surface area contributed by atoms with Crippen molar-refractivity contribution >= 4 is 23.4 Å². The molecule has 41 heavy (non-hydrogen) atoms. The molecule has 4 rings (SSSR count). The van der Waals surface area contributed by atoms with Gasteiger partial charge in [-0.1, -0.05) is 31.9 Å². The molecule has 3 heterocycles. The van der Waals surface area contributed by atoms with Gasteiger partial charge in [0.15, 0.2) is 0 Å². The molecule has 0 aromatic heterocycles. The van der Waals surface area contributed by atoms with Gasteiger partial charge < -0.3 is 29.3 Å². The van der Waals surface area contributed by atoms with Crippen LogP contribution in [-0.4, -0.2) is 89.8 Å². The number of nitrogens with zero attached hydrogens (tertiary/aromatic N) is 3. The maximum atomic E-state index is 14.3. The number of hydrogen-bond donors (Lipinski definition) is 1. The van der Waals surface area contributed by atoms with Crippen LogP contribution < -0.4 is 9.64 Å². The molecule has 9 heteroatoms. The Morgan fingerprint density at radius 2 is 1.85 bits per heavy atom. The van der Waals surface area contributed by atoms with E-state index < -0.39 is 29.6 Å². The van der Waals surface area contributed by atoms with Gasteiger partial charge in [0.1, 0.15) is 17.4 Å². The summed E-state index contributed by atoms with van der Waals surface area (Å²) >= 11 is 0. The fourth-order valence-electron chi connectivity index (χ4n) is 6.89. The molecule has 1 aromatic rings. The van der Waals surface area contributed by atoms with E-state index in [0.29, 0.717) is 50.4 Å². The van der Waals surface area contributed by atoms with Crippen LogP contribution in [-0.2, 0) is 19.1 Å². The minimum absolute atomic E-state index is 0.105. The molecule has 2 bridgehead atoms. The van der Waals surface area contributed by atoms with Gasteiger partial charge in [-0.2, -0.15) is 0 Å². The lowest BCUT2D eigenvalue weighted by atomic mass is 9.70. The number of unbranched alkanes of at least 4 members (excludes halogenated alkanes) is 2. The highest BCUT2D eigenvalue weighted by Gasteiger charge is 2.74. The van der Waals surface area contributed by atoms with Crippen molar-refractivity contribution in [2.75, 3.05) is 44.3 Å². The first-order chi connectivity index (χ1) is 19.9. The Bertz CT molecular complexity index is 1110. The molecule has 2 unspecified atom stereocenters. The zero-order valence-corrected chi connectivity index (χ0v) is 24.5. The highest BCUT2D eigenvalue weighted by atomic mass is 16.5. The van der Waals surface area contributed by atoms with Crippen molar-refractivity contribution in [1.82, 2.24) is 9.80 Å². The van der Waals surface area contributed by atoms with E-state index >= 15 is 0 Å². The average Bonchev–Trinajstić information content (AvgIpc) is 3.62. The first kappa shape index (κ1) is 30.8. The van der Waals surface area contributed by atoms with Crippen LogP contribution in [0.5, 0.6) is 5.75 Å². The van der Waals surface area contributed by atoms with E-state index in [4.69, 9.17) is 9.47 Å². The Kier molecular flexibility index (Phi) is 10.3. The second-order valence-electron chi connectivity index (χ2n) is 11.1. The summed E-state index contributed by atoms with van der Waals surface area (Å²) < 4.78 is 12.2. The first-order valence-corrected chi connectivity index (χ1v) is 15.0. The van der Waals surface area contributed by atoms with Gasteiger partial charge in [0.2, 0.25) is 17.7 Å². The minimum atomic E-state index is -1.07. The predicted octanol–water partition coefficient (Wildman–Crippen LogP) is 3.57. The summed E-state index contributed by atoms with van der Waals surface area (Å²) in [6.07, 6.45) is 7.26. The molecule has 9 nitrogen and oxygen atoms in total. The fraction of sp³-hybridized carbons (Fsp3) is 0.594. The van der Waals surface area contributed by atoms with Crippen molar-refractivity contribution in [2.45, 2.75) is 70.1 Å². The normalized spacial score (nSPS) is 26.1. The van der Waals surface area contributed by atoms with Crippen molar-refractivity contribution in [3.8, 4) is 5.75 Å². The van der Waals surface area contributed by atoms with Gasteiger partial charge in [-0.15, -0.1) is 13.2 Å². The molecule has 1 spiro atoms. The molecule has 0 radical (unpaired) electrons. The lowest BCUT2D eigenvalue weighted by Gasteiger charge is -2.37. The smallest absolute Gasteiger partial charge is 0.248 e. The average molecular weight is 568 g/mol. The molecule has 3 amide bonds. The second-order valence-corrected chi connectivity index (χ2v) is 11.1. The molecule has 3 fully saturated rings. The molecule has 3 aliphatic rings. The van der Waals surface area contributed by atoms with Crippen molar-refractivity contribution in [3.05, 3.63) is 49.6 Å². The number of aliphatic hydroxyl groups excluding tert-OH is 1. The van der Waals surface area contributed by atoms with Gasteiger partial charge in [0.25, 0.3) is 0 Å². The van der Waals surface area contributed by atoms with Crippen LogP contribution in [0.1, 0.15) is 52.4 Å². The van der Waals surface area contributed by atoms with E-state index in [0.717, 1.165) is 19.3 Å².